The van der Waals surface area contributed by atoms with Crippen LogP contribution in [0.3, 0.4) is 0 Å². The van der Waals surface area contributed by atoms with Gasteiger partial charge in [0.1, 0.15) is 11.1 Å². The number of halogens is 1. The van der Waals surface area contributed by atoms with Gasteiger partial charge in [-0.15, -0.1) is 12.4 Å². The number of fused-ring (bicyclic) bond motifs is 1. The fraction of sp³-hybridized carbons (Fsp3) is 0.600. The van der Waals surface area contributed by atoms with Crippen LogP contribution in [0.15, 0.2) is 27.8 Å². The highest BCUT2D eigenvalue weighted by atomic mass is 35.5. The highest BCUT2D eigenvalue weighted by Crippen LogP contribution is 2.22. The molecular formula is C20H28ClN3O5. The van der Waals surface area contributed by atoms with Crippen LogP contribution < -0.4 is 16.0 Å². The van der Waals surface area contributed by atoms with E-state index in [0.29, 0.717) is 42.3 Å². The summed E-state index contributed by atoms with van der Waals surface area (Å²) in [6.45, 7) is 4.58. The van der Waals surface area contributed by atoms with E-state index in [9.17, 15) is 9.59 Å². The van der Waals surface area contributed by atoms with Crippen molar-refractivity contribution in [1.82, 2.24) is 14.5 Å². The monoisotopic (exact) mass is 425 g/mol. The molecule has 0 saturated carbocycles. The van der Waals surface area contributed by atoms with Crippen molar-refractivity contribution >= 4 is 23.3 Å². The van der Waals surface area contributed by atoms with Gasteiger partial charge in [-0.25, -0.2) is 4.79 Å². The van der Waals surface area contributed by atoms with Crippen molar-refractivity contribution in [2.45, 2.75) is 32.1 Å². The Kier molecular flexibility index (Phi) is 7.34. The molecule has 2 aliphatic heterocycles. The topological polar surface area (TPSA) is 85.8 Å². The van der Waals surface area contributed by atoms with Crippen LogP contribution in [-0.4, -0.2) is 60.7 Å². The average Bonchev–Trinajstić information content (AvgIpc) is 3.21. The molecule has 9 heteroatoms. The molecule has 8 nitrogen and oxygen atoms in total. The Bertz CT molecular complexity index is 930. The van der Waals surface area contributed by atoms with Gasteiger partial charge in [0, 0.05) is 13.1 Å². The summed E-state index contributed by atoms with van der Waals surface area (Å²) in [5, 5.41) is 0.427. The summed E-state index contributed by atoms with van der Waals surface area (Å²) >= 11 is 0. The van der Waals surface area contributed by atoms with Gasteiger partial charge in [-0.3, -0.25) is 14.3 Å². The lowest BCUT2D eigenvalue weighted by molar-refractivity contribution is -0.0662. The summed E-state index contributed by atoms with van der Waals surface area (Å²) in [6.07, 6.45) is 2.82. The Hall–Kier alpha value is -1.87. The number of methoxy groups -OCH3 is 1. The molecule has 2 fully saturated rings. The van der Waals surface area contributed by atoms with Crippen molar-refractivity contribution in [3.63, 3.8) is 0 Å². The smallest absolute Gasteiger partial charge is 0.328 e. The molecule has 1 aromatic carbocycles. The number of benzene rings is 1. The molecule has 0 bridgehead atoms. The maximum Gasteiger partial charge on any atom is 0.328 e. The van der Waals surface area contributed by atoms with E-state index in [0.717, 1.165) is 38.9 Å². The van der Waals surface area contributed by atoms with Crippen LogP contribution in [0.4, 0.5) is 0 Å². The molecule has 2 aliphatic rings. The molecule has 1 N–H and O–H groups in total. The second kappa shape index (κ2) is 9.75. The minimum Gasteiger partial charge on any atom is -0.496 e. The second-order valence-corrected chi connectivity index (χ2v) is 7.47. The molecule has 0 unspecified atom stereocenters. The minimum atomic E-state index is -0.362. The average molecular weight is 426 g/mol. The van der Waals surface area contributed by atoms with Gasteiger partial charge in [-0.2, -0.15) is 0 Å². The lowest BCUT2D eigenvalue weighted by Gasteiger charge is -2.32. The predicted octanol–water partition coefficient (Wildman–Crippen LogP) is 1.60. The molecule has 2 saturated heterocycles. The third-order valence-corrected chi connectivity index (χ3v) is 5.76. The summed E-state index contributed by atoms with van der Waals surface area (Å²) in [6, 6.07) is 5.22. The summed E-state index contributed by atoms with van der Waals surface area (Å²) in [4.78, 5) is 30.4. The molecule has 2 aromatic rings. The van der Waals surface area contributed by atoms with Crippen LogP contribution in [-0.2, 0) is 16.0 Å². The molecule has 1 aromatic heterocycles. The van der Waals surface area contributed by atoms with E-state index in [1.54, 1.807) is 18.2 Å². The van der Waals surface area contributed by atoms with Gasteiger partial charge < -0.3 is 19.2 Å². The van der Waals surface area contributed by atoms with E-state index in [-0.39, 0.29) is 29.9 Å². The van der Waals surface area contributed by atoms with Crippen molar-refractivity contribution in [3.05, 3.63) is 39.0 Å². The fourth-order valence-corrected chi connectivity index (χ4v) is 4.13. The lowest BCUT2D eigenvalue weighted by atomic mass is 9.93. The van der Waals surface area contributed by atoms with Crippen molar-refractivity contribution in [2.24, 2.45) is 5.92 Å². The number of nitrogens with zero attached hydrogens (tertiary/aromatic N) is 2. The van der Waals surface area contributed by atoms with Crippen molar-refractivity contribution in [1.29, 1.82) is 0 Å². The van der Waals surface area contributed by atoms with Gasteiger partial charge >= 0.3 is 5.69 Å². The molecule has 4 rings (SSSR count). The number of likely N-dealkylation sites (tertiary alicyclic amines) is 1. The zero-order chi connectivity index (χ0) is 19.5. The first-order chi connectivity index (χ1) is 13.7. The van der Waals surface area contributed by atoms with Crippen molar-refractivity contribution in [3.8, 4) is 5.75 Å². The van der Waals surface area contributed by atoms with E-state index >= 15 is 0 Å². The summed E-state index contributed by atoms with van der Waals surface area (Å²) in [5.41, 5.74) is -0.141. The van der Waals surface area contributed by atoms with E-state index in [1.165, 1.54) is 11.7 Å². The van der Waals surface area contributed by atoms with Crippen LogP contribution in [0.5, 0.6) is 5.75 Å². The standard InChI is InChI=1S/C20H27N3O5.ClH/c1-26-16-4-2-3-15-18(16)19(24)23(20(25)21-15)10-7-14-5-8-22(9-6-14)13-17-27-11-12-28-17;/h2-4,14,17H,5-13H2,1H3,(H,21,25);1H. The van der Waals surface area contributed by atoms with E-state index in [2.05, 4.69) is 9.88 Å². The maximum absolute atomic E-state index is 12.9. The molecular weight excluding hydrogens is 398 g/mol. The van der Waals surface area contributed by atoms with Gasteiger partial charge in [0.15, 0.2) is 6.29 Å². The fourth-order valence-electron chi connectivity index (χ4n) is 4.13. The zero-order valence-electron chi connectivity index (χ0n) is 16.6. The number of aromatic amines is 1. The van der Waals surface area contributed by atoms with Crippen molar-refractivity contribution in [2.75, 3.05) is 40.0 Å². The predicted molar refractivity (Wildman–Crippen MR) is 112 cm³/mol. The Balaban J connectivity index is 0.00000240. The summed E-state index contributed by atoms with van der Waals surface area (Å²) < 4.78 is 17.6. The normalized spacial score (nSPS) is 18.8. The first kappa shape index (κ1) is 21.8. The molecule has 0 spiro atoms. The maximum atomic E-state index is 12.9. The first-order valence-corrected chi connectivity index (χ1v) is 9.91. The number of nitrogens with one attached hydrogen (secondary N) is 1. The van der Waals surface area contributed by atoms with Gasteiger partial charge in [0.05, 0.1) is 25.8 Å². The largest absolute Gasteiger partial charge is 0.496 e. The molecule has 0 aliphatic carbocycles. The van der Waals surface area contributed by atoms with E-state index in [1.807, 2.05) is 0 Å². The number of rotatable bonds is 6. The van der Waals surface area contributed by atoms with Crippen LogP contribution in [0.2, 0.25) is 0 Å². The van der Waals surface area contributed by atoms with Crippen LogP contribution >= 0.6 is 12.4 Å². The lowest BCUT2D eigenvalue weighted by Crippen LogP contribution is -2.40. The van der Waals surface area contributed by atoms with Gasteiger partial charge in [0.2, 0.25) is 0 Å². The number of aromatic nitrogens is 2. The molecule has 0 amide bonds. The molecule has 3 heterocycles. The zero-order valence-corrected chi connectivity index (χ0v) is 17.4. The Morgan fingerprint density at radius 1 is 1.17 bits per heavy atom. The molecule has 0 atom stereocenters. The number of hydrogen-bond acceptors (Lipinski definition) is 6. The first-order valence-electron chi connectivity index (χ1n) is 9.91. The van der Waals surface area contributed by atoms with E-state index < -0.39 is 0 Å². The number of ether oxygens (including phenoxy) is 3. The Morgan fingerprint density at radius 2 is 1.90 bits per heavy atom. The Labute approximate surface area is 175 Å². The summed E-state index contributed by atoms with van der Waals surface area (Å²) in [7, 11) is 1.53. The van der Waals surface area contributed by atoms with Crippen LogP contribution in [0, 0.1) is 5.92 Å². The highest BCUT2D eigenvalue weighted by molar-refractivity contribution is 5.85. The highest BCUT2D eigenvalue weighted by Gasteiger charge is 2.24. The SMILES string of the molecule is COc1cccc2[nH]c(=O)n(CCC3CCN(CC4OCCO4)CC3)c(=O)c12.Cl. The quantitative estimate of drug-likeness (QED) is 0.756. The molecule has 0 radical (unpaired) electrons. The van der Waals surface area contributed by atoms with Gasteiger partial charge in [-0.1, -0.05) is 6.07 Å². The van der Waals surface area contributed by atoms with Gasteiger partial charge in [-0.05, 0) is 50.4 Å². The number of H-pyrrole nitrogens is 1. The second-order valence-electron chi connectivity index (χ2n) is 7.47. The summed E-state index contributed by atoms with van der Waals surface area (Å²) in [5.74, 6) is 0.985. The van der Waals surface area contributed by atoms with Gasteiger partial charge in [0.25, 0.3) is 5.56 Å². The minimum absolute atomic E-state index is 0. The van der Waals surface area contributed by atoms with Crippen molar-refractivity contribution < 1.29 is 14.2 Å². The third kappa shape index (κ3) is 4.83. The Morgan fingerprint density at radius 3 is 2.59 bits per heavy atom. The van der Waals surface area contributed by atoms with Crippen LogP contribution in [0.25, 0.3) is 10.9 Å². The third-order valence-electron chi connectivity index (χ3n) is 5.76. The molecule has 29 heavy (non-hydrogen) atoms. The van der Waals surface area contributed by atoms with E-state index in [4.69, 9.17) is 14.2 Å². The number of hydrogen-bond donors (Lipinski definition) is 1. The van der Waals surface area contributed by atoms with Crippen LogP contribution in [0.1, 0.15) is 19.3 Å². The number of piperidine rings is 1. The molecule has 160 valence electrons.